The molecule has 0 spiro atoms. The maximum atomic E-state index is 13.8. The summed E-state index contributed by atoms with van der Waals surface area (Å²) in [6.45, 7) is 4.15. The van der Waals surface area contributed by atoms with Gasteiger partial charge in [0.2, 0.25) is 0 Å². The Bertz CT molecular complexity index is 358. The van der Waals surface area contributed by atoms with Gasteiger partial charge in [0, 0.05) is 11.6 Å². The van der Waals surface area contributed by atoms with E-state index in [0.717, 1.165) is 0 Å². The van der Waals surface area contributed by atoms with Crippen molar-refractivity contribution in [3.8, 4) is 5.75 Å². The van der Waals surface area contributed by atoms with Crippen LogP contribution in [0.15, 0.2) is 18.2 Å². The van der Waals surface area contributed by atoms with Gasteiger partial charge in [-0.2, -0.15) is 0 Å². The third kappa shape index (κ3) is 3.96. The number of nitrogens with one attached hydrogen (secondary N) is 1. The third-order valence-corrected chi connectivity index (χ3v) is 2.38. The van der Waals surface area contributed by atoms with Crippen molar-refractivity contribution in [1.29, 1.82) is 0 Å². The topological polar surface area (TPSA) is 56.5 Å². The number of halogens is 1. The lowest BCUT2D eigenvalue weighted by Gasteiger charge is -2.19. The largest absolute Gasteiger partial charge is 0.497 e. The maximum Gasteiger partial charge on any atom is 0.131 e. The van der Waals surface area contributed by atoms with Gasteiger partial charge in [0.05, 0.1) is 25.9 Å². The van der Waals surface area contributed by atoms with Gasteiger partial charge in [0.25, 0.3) is 0 Å². The van der Waals surface area contributed by atoms with Crippen molar-refractivity contribution < 1.29 is 13.9 Å². The lowest BCUT2D eigenvalue weighted by molar-refractivity contribution is 0.0604. The number of benzene rings is 1. The minimum atomic E-state index is -0.372. The summed E-state index contributed by atoms with van der Waals surface area (Å²) < 4.78 is 24.1. The molecule has 3 N–H and O–H groups in total. The van der Waals surface area contributed by atoms with Crippen LogP contribution in [0.1, 0.15) is 25.5 Å². The summed E-state index contributed by atoms with van der Waals surface area (Å²) in [5.74, 6) is 5.52. The average Bonchev–Trinajstić information content (AvgIpc) is 2.31. The molecule has 0 fully saturated rings. The summed E-state index contributed by atoms with van der Waals surface area (Å²) in [7, 11) is 1.50. The second kappa shape index (κ2) is 6.54. The fourth-order valence-corrected chi connectivity index (χ4v) is 1.43. The molecular weight excluding hydrogens is 223 g/mol. The Morgan fingerprint density at radius 3 is 2.59 bits per heavy atom. The van der Waals surface area contributed by atoms with Crippen molar-refractivity contribution in [3.05, 3.63) is 29.6 Å². The Morgan fingerprint density at radius 2 is 2.12 bits per heavy atom. The van der Waals surface area contributed by atoms with Gasteiger partial charge in [-0.05, 0) is 19.9 Å². The van der Waals surface area contributed by atoms with Crippen LogP contribution < -0.4 is 16.0 Å². The van der Waals surface area contributed by atoms with Gasteiger partial charge in [0.15, 0.2) is 0 Å². The summed E-state index contributed by atoms with van der Waals surface area (Å²) in [4.78, 5) is 0. The molecule has 1 unspecified atom stereocenters. The Kier molecular flexibility index (Phi) is 5.34. The second-order valence-electron chi connectivity index (χ2n) is 3.99. The zero-order chi connectivity index (χ0) is 12.8. The molecular formula is C12H19FN2O2. The Balaban J connectivity index is 2.80. The van der Waals surface area contributed by atoms with Crippen LogP contribution in [0.4, 0.5) is 4.39 Å². The van der Waals surface area contributed by atoms with E-state index in [9.17, 15) is 4.39 Å². The second-order valence-corrected chi connectivity index (χ2v) is 3.99. The molecule has 0 aromatic heterocycles. The van der Waals surface area contributed by atoms with E-state index in [1.165, 1.54) is 13.2 Å². The van der Waals surface area contributed by atoms with Crippen LogP contribution in [0.5, 0.6) is 5.75 Å². The Morgan fingerprint density at radius 1 is 1.41 bits per heavy atom. The molecule has 0 aliphatic heterocycles. The highest BCUT2D eigenvalue weighted by atomic mass is 19.1. The van der Waals surface area contributed by atoms with Gasteiger partial charge in [-0.1, -0.05) is 6.07 Å². The standard InChI is InChI=1S/C12H19FN2O2/c1-8(2)17-7-12(15-14)10-5-4-9(16-3)6-11(10)13/h4-6,8,12,15H,7,14H2,1-3H3. The lowest BCUT2D eigenvalue weighted by atomic mass is 10.1. The Labute approximate surface area is 101 Å². The van der Waals surface area contributed by atoms with Crippen LogP contribution in [0.3, 0.4) is 0 Å². The van der Waals surface area contributed by atoms with E-state index in [0.29, 0.717) is 17.9 Å². The normalized spacial score (nSPS) is 12.8. The first-order valence-electron chi connectivity index (χ1n) is 5.49. The van der Waals surface area contributed by atoms with Crippen molar-refractivity contribution >= 4 is 0 Å². The molecule has 0 radical (unpaired) electrons. The molecule has 5 heteroatoms. The number of hydrogen-bond acceptors (Lipinski definition) is 4. The highest BCUT2D eigenvalue weighted by Crippen LogP contribution is 2.22. The van der Waals surface area contributed by atoms with Crippen molar-refractivity contribution in [1.82, 2.24) is 5.43 Å². The van der Waals surface area contributed by atoms with Gasteiger partial charge in [-0.3, -0.25) is 11.3 Å². The molecule has 0 bridgehead atoms. The van der Waals surface area contributed by atoms with Crippen molar-refractivity contribution in [2.45, 2.75) is 26.0 Å². The zero-order valence-corrected chi connectivity index (χ0v) is 10.4. The zero-order valence-electron chi connectivity index (χ0n) is 10.4. The number of methoxy groups -OCH3 is 1. The summed E-state index contributed by atoms with van der Waals surface area (Å²) in [5, 5.41) is 0. The predicted molar refractivity (Wildman–Crippen MR) is 64.1 cm³/mol. The predicted octanol–water partition coefficient (Wildman–Crippen LogP) is 1.76. The molecule has 0 saturated heterocycles. The minimum Gasteiger partial charge on any atom is -0.497 e. The monoisotopic (exact) mass is 242 g/mol. The van der Waals surface area contributed by atoms with Crippen molar-refractivity contribution in [3.63, 3.8) is 0 Å². The number of nitrogens with two attached hydrogens (primary N) is 1. The van der Waals surface area contributed by atoms with E-state index in [1.54, 1.807) is 12.1 Å². The maximum absolute atomic E-state index is 13.8. The molecule has 0 aliphatic rings. The summed E-state index contributed by atoms with van der Waals surface area (Å²) in [6.07, 6.45) is 0.0761. The van der Waals surface area contributed by atoms with Crippen LogP contribution in [0.2, 0.25) is 0 Å². The molecule has 96 valence electrons. The van der Waals surface area contributed by atoms with E-state index < -0.39 is 0 Å². The molecule has 17 heavy (non-hydrogen) atoms. The molecule has 0 amide bonds. The van der Waals surface area contributed by atoms with E-state index in [4.69, 9.17) is 15.3 Å². The average molecular weight is 242 g/mol. The van der Waals surface area contributed by atoms with E-state index in [1.807, 2.05) is 13.8 Å². The third-order valence-electron chi connectivity index (χ3n) is 2.38. The highest BCUT2D eigenvalue weighted by Gasteiger charge is 2.15. The number of hydrogen-bond donors (Lipinski definition) is 2. The molecule has 0 heterocycles. The molecule has 1 rings (SSSR count). The lowest BCUT2D eigenvalue weighted by Crippen LogP contribution is -2.32. The van der Waals surface area contributed by atoms with Crippen LogP contribution in [-0.4, -0.2) is 19.8 Å². The number of hydrazine groups is 1. The summed E-state index contributed by atoms with van der Waals surface area (Å²) in [6, 6.07) is 4.29. The summed E-state index contributed by atoms with van der Waals surface area (Å²) in [5.41, 5.74) is 3.01. The van der Waals surface area contributed by atoms with E-state index in [-0.39, 0.29) is 18.0 Å². The minimum absolute atomic E-state index is 0.0761. The first-order chi connectivity index (χ1) is 8.08. The van der Waals surface area contributed by atoms with Crippen molar-refractivity contribution in [2.24, 2.45) is 5.84 Å². The quantitative estimate of drug-likeness (QED) is 0.589. The smallest absolute Gasteiger partial charge is 0.131 e. The van der Waals surface area contributed by atoms with Crippen LogP contribution >= 0.6 is 0 Å². The van der Waals surface area contributed by atoms with Gasteiger partial charge in [-0.15, -0.1) is 0 Å². The first kappa shape index (κ1) is 13.9. The fraction of sp³-hybridized carbons (Fsp3) is 0.500. The van der Waals surface area contributed by atoms with Crippen molar-refractivity contribution in [2.75, 3.05) is 13.7 Å². The Hall–Kier alpha value is -1.17. The van der Waals surface area contributed by atoms with Crippen LogP contribution in [0.25, 0.3) is 0 Å². The molecule has 1 atom stereocenters. The van der Waals surface area contributed by atoms with Crippen LogP contribution in [-0.2, 0) is 4.74 Å². The molecule has 0 aliphatic carbocycles. The molecule has 1 aromatic carbocycles. The number of rotatable bonds is 6. The van der Waals surface area contributed by atoms with Gasteiger partial charge in [-0.25, -0.2) is 4.39 Å². The molecule has 1 aromatic rings. The molecule has 4 nitrogen and oxygen atoms in total. The fourth-order valence-electron chi connectivity index (χ4n) is 1.43. The first-order valence-corrected chi connectivity index (χ1v) is 5.49. The molecule has 0 saturated carbocycles. The van der Waals surface area contributed by atoms with Gasteiger partial charge in [0.1, 0.15) is 11.6 Å². The van der Waals surface area contributed by atoms with E-state index >= 15 is 0 Å². The van der Waals surface area contributed by atoms with E-state index in [2.05, 4.69) is 5.43 Å². The van der Waals surface area contributed by atoms with Crippen LogP contribution in [0, 0.1) is 5.82 Å². The van der Waals surface area contributed by atoms with Gasteiger partial charge < -0.3 is 9.47 Å². The SMILES string of the molecule is COc1ccc(C(COC(C)C)NN)c(F)c1. The number of ether oxygens (including phenoxy) is 2. The van der Waals surface area contributed by atoms with Gasteiger partial charge >= 0.3 is 0 Å². The summed E-state index contributed by atoms with van der Waals surface area (Å²) >= 11 is 0. The highest BCUT2D eigenvalue weighted by molar-refractivity contribution is 5.30.